The van der Waals surface area contributed by atoms with E-state index < -0.39 is 0 Å². The van der Waals surface area contributed by atoms with Crippen LogP contribution in [0.5, 0.6) is 0 Å². The van der Waals surface area contributed by atoms with Gasteiger partial charge in [-0.3, -0.25) is 4.90 Å². The molecule has 72 valence electrons. The first-order valence-electron chi connectivity index (χ1n) is 4.84. The summed E-state index contributed by atoms with van der Waals surface area (Å²) in [7, 11) is 0. The number of nitrogens with zero attached hydrogens (tertiary/aromatic N) is 1. The lowest BCUT2D eigenvalue weighted by Gasteiger charge is -2.31. The van der Waals surface area contributed by atoms with Crippen molar-refractivity contribution < 1.29 is 9.84 Å². The first-order chi connectivity index (χ1) is 5.84. The molecule has 0 aliphatic carbocycles. The Morgan fingerprint density at radius 2 is 2.08 bits per heavy atom. The number of hydrogen-bond acceptors (Lipinski definition) is 3. The maximum Gasteiger partial charge on any atom is 0.107 e. The summed E-state index contributed by atoms with van der Waals surface area (Å²) in [6, 6.07) is 0. The molecule has 1 atom stereocenters. The van der Waals surface area contributed by atoms with Gasteiger partial charge in [0.2, 0.25) is 0 Å². The molecule has 1 aliphatic heterocycles. The Balaban J connectivity index is 2.15. The molecule has 0 aromatic carbocycles. The van der Waals surface area contributed by atoms with E-state index in [4.69, 9.17) is 4.74 Å². The molecule has 1 fully saturated rings. The Labute approximate surface area is 74.3 Å². The molecule has 0 saturated carbocycles. The minimum Gasteiger partial charge on any atom is -0.379 e. The monoisotopic (exact) mass is 173 g/mol. The van der Waals surface area contributed by atoms with Crippen LogP contribution in [-0.2, 0) is 4.74 Å². The second-order valence-electron chi connectivity index (χ2n) is 3.27. The lowest BCUT2D eigenvalue weighted by Crippen LogP contribution is -2.43. The van der Waals surface area contributed by atoms with Gasteiger partial charge in [-0.05, 0) is 12.8 Å². The Morgan fingerprint density at radius 1 is 1.42 bits per heavy atom. The molecule has 0 aromatic rings. The molecule has 0 aromatic heterocycles. The lowest BCUT2D eigenvalue weighted by molar-refractivity contribution is -0.0622. The van der Waals surface area contributed by atoms with Crippen molar-refractivity contribution >= 4 is 0 Å². The van der Waals surface area contributed by atoms with Crippen molar-refractivity contribution in [2.45, 2.75) is 32.4 Å². The molecule has 3 nitrogen and oxygen atoms in total. The average Bonchev–Trinajstić information content (AvgIpc) is 2.15. The highest BCUT2D eigenvalue weighted by molar-refractivity contribution is 4.65. The molecule has 1 saturated heterocycles. The van der Waals surface area contributed by atoms with Crippen molar-refractivity contribution in [1.29, 1.82) is 0 Å². The van der Waals surface area contributed by atoms with Crippen LogP contribution >= 0.6 is 0 Å². The van der Waals surface area contributed by atoms with Crippen LogP contribution in [0, 0.1) is 0 Å². The van der Waals surface area contributed by atoms with Gasteiger partial charge in [-0.1, -0.05) is 13.3 Å². The smallest absolute Gasteiger partial charge is 0.107 e. The number of aliphatic hydroxyl groups excluding tert-OH is 1. The molecule has 1 unspecified atom stereocenters. The van der Waals surface area contributed by atoms with E-state index in [-0.39, 0.29) is 6.23 Å². The molecule has 12 heavy (non-hydrogen) atoms. The Bertz CT molecular complexity index is 113. The first kappa shape index (κ1) is 9.96. The van der Waals surface area contributed by atoms with E-state index in [1.165, 1.54) is 0 Å². The van der Waals surface area contributed by atoms with Crippen molar-refractivity contribution in [3.8, 4) is 0 Å². The maximum atomic E-state index is 9.68. The SMILES string of the molecule is CCCCC(O)N1CCOCC1. The normalized spacial score (nSPS) is 22.5. The van der Waals surface area contributed by atoms with Crippen LogP contribution in [0.1, 0.15) is 26.2 Å². The Kier molecular flexibility index (Phi) is 4.58. The first-order valence-corrected chi connectivity index (χ1v) is 4.84. The van der Waals surface area contributed by atoms with Crippen molar-refractivity contribution in [2.24, 2.45) is 0 Å². The van der Waals surface area contributed by atoms with Gasteiger partial charge in [0, 0.05) is 13.1 Å². The molecule has 0 radical (unpaired) electrons. The summed E-state index contributed by atoms with van der Waals surface area (Å²) in [4.78, 5) is 2.10. The highest BCUT2D eigenvalue weighted by Crippen LogP contribution is 2.07. The molecule has 1 rings (SSSR count). The van der Waals surface area contributed by atoms with Gasteiger partial charge in [-0.2, -0.15) is 0 Å². The van der Waals surface area contributed by atoms with Crippen molar-refractivity contribution in [3.05, 3.63) is 0 Å². The Morgan fingerprint density at radius 3 is 2.67 bits per heavy atom. The van der Waals surface area contributed by atoms with Crippen LogP contribution in [0.15, 0.2) is 0 Å². The molecule has 0 amide bonds. The maximum absolute atomic E-state index is 9.68. The van der Waals surface area contributed by atoms with E-state index in [2.05, 4.69) is 11.8 Å². The van der Waals surface area contributed by atoms with Gasteiger partial charge in [0.15, 0.2) is 0 Å². The lowest BCUT2D eigenvalue weighted by atomic mass is 10.2. The summed E-state index contributed by atoms with van der Waals surface area (Å²) < 4.78 is 5.20. The summed E-state index contributed by atoms with van der Waals surface area (Å²) in [6.45, 7) is 5.44. The summed E-state index contributed by atoms with van der Waals surface area (Å²) in [5.74, 6) is 0. The van der Waals surface area contributed by atoms with E-state index in [0.29, 0.717) is 0 Å². The third-order valence-corrected chi connectivity index (χ3v) is 2.28. The quantitative estimate of drug-likeness (QED) is 0.683. The van der Waals surface area contributed by atoms with Gasteiger partial charge < -0.3 is 9.84 Å². The zero-order chi connectivity index (χ0) is 8.81. The molecule has 1 N–H and O–H groups in total. The summed E-state index contributed by atoms with van der Waals surface area (Å²) in [5, 5.41) is 9.68. The van der Waals surface area contributed by atoms with Gasteiger partial charge in [-0.15, -0.1) is 0 Å². The fourth-order valence-corrected chi connectivity index (χ4v) is 1.44. The standard InChI is InChI=1S/C9H19NO2/c1-2-3-4-9(11)10-5-7-12-8-6-10/h9,11H,2-8H2,1H3. The highest BCUT2D eigenvalue weighted by atomic mass is 16.5. The van der Waals surface area contributed by atoms with Crippen LogP contribution in [0.25, 0.3) is 0 Å². The van der Waals surface area contributed by atoms with Crippen molar-refractivity contribution in [1.82, 2.24) is 4.90 Å². The zero-order valence-corrected chi connectivity index (χ0v) is 7.83. The number of aliphatic hydroxyl groups is 1. The predicted molar refractivity (Wildman–Crippen MR) is 47.9 cm³/mol. The third-order valence-electron chi connectivity index (χ3n) is 2.28. The highest BCUT2D eigenvalue weighted by Gasteiger charge is 2.17. The van der Waals surface area contributed by atoms with Gasteiger partial charge in [0.25, 0.3) is 0 Å². The van der Waals surface area contributed by atoms with Gasteiger partial charge >= 0.3 is 0 Å². The fraction of sp³-hybridized carbons (Fsp3) is 1.00. The minimum absolute atomic E-state index is 0.242. The number of ether oxygens (including phenoxy) is 1. The van der Waals surface area contributed by atoms with E-state index in [1.807, 2.05) is 0 Å². The van der Waals surface area contributed by atoms with Crippen LogP contribution in [0.2, 0.25) is 0 Å². The van der Waals surface area contributed by atoms with Crippen LogP contribution in [-0.4, -0.2) is 42.5 Å². The van der Waals surface area contributed by atoms with Crippen LogP contribution in [0.4, 0.5) is 0 Å². The summed E-state index contributed by atoms with van der Waals surface area (Å²) >= 11 is 0. The van der Waals surface area contributed by atoms with E-state index in [0.717, 1.165) is 45.6 Å². The van der Waals surface area contributed by atoms with Gasteiger partial charge in [-0.25, -0.2) is 0 Å². The number of morpholine rings is 1. The van der Waals surface area contributed by atoms with E-state index >= 15 is 0 Å². The molecule has 0 bridgehead atoms. The average molecular weight is 173 g/mol. The third kappa shape index (κ3) is 3.09. The second kappa shape index (κ2) is 5.51. The number of unbranched alkanes of at least 4 members (excludes halogenated alkanes) is 1. The topological polar surface area (TPSA) is 32.7 Å². The zero-order valence-electron chi connectivity index (χ0n) is 7.83. The van der Waals surface area contributed by atoms with E-state index in [1.54, 1.807) is 0 Å². The van der Waals surface area contributed by atoms with Gasteiger partial charge in [0.05, 0.1) is 13.2 Å². The second-order valence-corrected chi connectivity index (χ2v) is 3.27. The van der Waals surface area contributed by atoms with Gasteiger partial charge in [0.1, 0.15) is 6.23 Å². The largest absolute Gasteiger partial charge is 0.379 e. The van der Waals surface area contributed by atoms with E-state index in [9.17, 15) is 5.11 Å². The molecule has 1 aliphatic rings. The predicted octanol–water partition coefficient (Wildman–Crippen LogP) is 0.827. The Hall–Kier alpha value is -0.120. The fourth-order valence-electron chi connectivity index (χ4n) is 1.44. The minimum atomic E-state index is -0.242. The van der Waals surface area contributed by atoms with Crippen molar-refractivity contribution in [3.63, 3.8) is 0 Å². The molecular weight excluding hydrogens is 154 g/mol. The summed E-state index contributed by atoms with van der Waals surface area (Å²) in [5.41, 5.74) is 0. The van der Waals surface area contributed by atoms with Crippen LogP contribution < -0.4 is 0 Å². The molecule has 0 spiro atoms. The van der Waals surface area contributed by atoms with Crippen molar-refractivity contribution in [2.75, 3.05) is 26.3 Å². The molecule has 1 heterocycles. The number of rotatable bonds is 4. The molecular formula is C9H19NO2. The number of hydrogen-bond donors (Lipinski definition) is 1. The molecule has 3 heteroatoms. The van der Waals surface area contributed by atoms with Crippen LogP contribution in [0.3, 0.4) is 0 Å². The summed E-state index contributed by atoms with van der Waals surface area (Å²) in [6.07, 6.45) is 2.92.